The van der Waals surface area contributed by atoms with Crippen molar-refractivity contribution in [3.63, 3.8) is 0 Å². The summed E-state index contributed by atoms with van der Waals surface area (Å²) in [5, 5.41) is 59.3. The smallest absolute Gasteiger partial charge is 0.220 e. The van der Waals surface area contributed by atoms with Crippen molar-refractivity contribution in [3.05, 3.63) is 0 Å². The number of aliphatic hydroxyl groups is 6. The molecule has 0 rings (SSSR count). The molecule has 0 aromatic heterocycles. The molecular weight excluding hydrogens is 338 g/mol. The van der Waals surface area contributed by atoms with Gasteiger partial charge in [-0.3, -0.25) is 9.59 Å². The maximum atomic E-state index is 11.7. The van der Waals surface area contributed by atoms with E-state index in [0.29, 0.717) is 12.8 Å². The fourth-order valence-electron chi connectivity index (χ4n) is 1.82. The van der Waals surface area contributed by atoms with Gasteiger partial charge in [0, 0.05) is 12.8 Å². The topological polar surface area (TPSA) is 215 Å². The number of hydrogen-bond acceptors (Lipinski definition) is 9. The Morgan fingerprint density at radius 1 is 0.600 bits per heavy atom. The molecule has 0 aliphatic carbocycles. The molecule has 0 aromatic rings. The molecule has 0 unspecified atom stereocenters. The second-order valence-electron chi connectivity index (χ2n) is 5.81. The first-order valence-corrected chi connectivity index (χ1v) is 7.63. The largest absolute Gasteiger partial charge is 0.394 e. The zero-order chi connectivity index (χ0) is 18.6. The van der Waals surface area contributed by atoms with Crippen LogP contribution in [0.1, 0.15) is 25.7 Å². The van der Waals surface area contributed by atoms with Crippen molar-refractivity contribution in [1.29, 1.82) is 0 Å². The average molecular weight is 369 g/mol. The van der Waals surface area contributed by atoms with Gasteiger partial charge < -0.3 is 47.4 Å². The third kappa shape index (κ3) is 8.54. The average Bonchev–Trinajstić information content (AvgIpc) is 2.61. The van der Waals surface area contributed by atoms with Crippen molar-refractivity contribution in [1.82, 2.24) is 16.8 Å². The lowest BCUT2D eigenvalue weighted by Gasteiger charge is -2.29. The van der Waals surface area contributed by atoms with Crippen molar-refractivity contribution >= 4 is 11.8 Å². The number of unbranched alkanes of at least 4 members (excludes halogenated alkanes) is 1. The van der Waals surface area contributed by atoms with E-state index < -0.39 is 62.5 Å². The molecule has 25 heavy (non-hydrogen) atoms. The van der Waals surface area contributed by atoms with Crippen LogP contribution in [0.2, 0.25) is 0 Å². The molecule has 0 aliphatic heterocycles. The van der Waals surface area contributed by atoms with Crippen LogP contribution in [0.5, 0.6) is 0 Å². The first kappa shape index (κ1) is 25.9. The molecule has 0 aromatic carbocycles. The lowest BCUT2D eigenvalue weighted by Crippen LogP contribution is -2.57. The fraction of sp³-hybridized carbons (Fsp3) is 0.857. The van der Waals surface area contributed by atoms with Crippen LogP contribution in [-0.4, -0.2) is 93.2 Å². The lowest BCUT2D eigenvalue weighted by molar-refractivity contribution is -0.127. The van der Waals surface area contributed by atoms with Crippen LogP contribution in [-0.2, 0) is 9.59 Å². The van der Waals surface area contributed by atoms with Gasteiger partial charge >= 0.3 is 0 Å². The SMILES string of the molecule is N.O=C(CCCCC(=O)NC(CO)(CO)CO)NC(CO)(CO)CO. The summed E-state index contributed by atoms with van der Waals surface area (Å²) in [5.41, 5.74) is -2.95. The summed E-state index contributed by atoms with van der Waals surface area (Å²) in [7, 11) is 0. The number of hydrogen-bond donors (Lipinski definition) is 9. The molecule has 0 bridgehead atoms. The third-order valence-corrected chi connectivity index (χ3v) is 3.68. The number of rotatable bonds is 13. The van der Waals surface area contributed by atoms with Gasteiger partial charge in [0.05, 0.1) is 39.6 Å². The Morgan fingerprint density at radius 3 is 1.04 bits per heavy atom. The maximum Gasteiger partial charge on any atom is 0.220 e. The van der Waals surface area contributed by atoms with Gasteiger partial charge in [0.25, 0.3) is 0 Å². The lowest BCUT2D eigenvalue weighted by atomic mass is 10.0. The van der Waals surface area contributed by atoms with Crippen LogP contribution in [0.25, 0.3) is 0 Å². The molecule has 0 saturated heterocycles. The zero-order valence-corrected chi connectivity index (χ0v) is 14.3. The monoisotopic (exact) mass is 369 g/mol. The van der Waals surface area contributed by atoms with Gasteiger partial charge in [-0.25, -0.2) is 0 Å². The third-order valence-electron chi connectivity index (χ3n) is 3.68. The predicted molar refractivity (Wildman–Crippen MR) is 87.8 cm³/mol. The van der Waals surface area contributed by atoms with E-state index in [1.165, 1.54) is 0 Å². The molecule has 11 nitrogen and oxygen atoms in total. The number of nitrogens with one attached hydrogen (secondary N) is 2. The van der Waals surface area contributed by atoms with Crippen LogP contribution >= 0.6 is 0 Å². The minimum atomic E-state index is -1.47. The van der Waals surface area contributed by atoms with E-state index in [1.807, 2.05) is 0 Å². The van der Waals surface area contributed by atoms with Gasteiger partial charge in [-0.1, -0.05) is 0 Å². The van der Waals surface area contributed by atoms with E-state index in [-0.39, 0.29) is 19.0 Å². The normalized spacial score (nSPS) is 11.6. The van der Waals surface area contributed by atoms with Gasteiger partial charge in [-0.05, 0) is 12.8 Å². The molecular formula is C14H31N3O8. The molecule has 11 N–H and O–H groups in total. The molecule has 150 valence electrons. The number of amides is 2. The Bertz CT molecular complexity index is 334. The highest BCUT2D eigenvalue weighted by molar-refractivity contribution is 5.78. The maximum absolute atomic E-state index is 11.7. The van der Waals surface area contributed by atoms with E-state index in [4.69, 9.17) is 30.6 Å². The van der Waals surface area contributed by atoms with Crippen LogP contribution in [0.15, 0.2) is 0 Å². The van der Waals surface area contributed by atoms with Gasteiger partial charge in [0.1, 0.15) is 11.1 Å². The van der Waals surface area contributed by atoms with E-state index >= 15 is 0 Å². The molecule has 0 saturated carbocycles. The molecule has 0 fully saturated rings. The molecule has 0 heterocycles. The zero-order valence-electron chi connectivity index (χ0n) is 14.3. The van der Waals surface area contributed by atoms with Gasteiger partial charge in [-0.2, -0.15) is 0 Å². The van der Waals surface area contributed by atoms with Crippen molar-refractivity contribution in [3.8, 4) is 0 Å². The Labute approximate surface area is 146 Å². The van der Waals surface area contributed by atoms with Gasteiger partial charge in [-0.15, -0.1) is 0 Å². The van der Waals surface area contributed by atoms with Crippen molar-refractivity contribution in [2.75, 3.05) is 39.6 Å². The van der Waals surface area contributed by atoms with Crippen molar-refractivity contribution < 1.29 is 40.2 Å². The van der Waals surface area contributed by atoms with Gasteiger partial charge in [0.15, 0.2) is 0 Å². The Morgan fingerprint density at radius 2 is 0.840 bits per heavy atom. The first-order chi connectivity index (χ1) is 11.4. The Kier molecular flexibility index (Phi) is 13.4. The van der Waals surface area contributed by atoms with E-state index in [0.717, 1.165) is 0 Å². The van der Waals surface area contributed by atoms with Crippen LogP contribution in [0.3, 0.4) is 0 Å². The number of aliphatic hydroxyl groups excluding tert-OH is 6. The molecule has 0 radical (unpaired) electrons. The molecule has 0 spiro atoms. The summed E-state index contributed by atoms with van der Waals surface area (Å²) in [5.74, 6) is -0.967. The van der Waals surface area contributed by atoms with Crippen LogP contribution in [0, 0.1) is 0 Å². The summed E-state index contributed by atoms with van der Waals surface area (Å²) in [6, 6.07) is 0. The highest BCUT2D eigenvalue weighted by Gasteiger charge is 2.30. The number of carbonyl (C=O) groups excluding carboxylic acids is 2. The highest BCUT2D eigenvalue weighted by Crippen LogP contribution is 2.07. The molecule has 0 aliphatic rings. The van der Waals surface area contributed by atoms with Gasteiger partial charge in [0.2, 0.25) is 11.8 Å². The van der Waals surface area contributed by atoms with E-state index in [9.17, 15) is 9.59 Å². The molecule has 0 atom stereocenters. The van der Waals surface area contributed by atoms with Crippen LogP contribution < -0.4 is 16.8 Å². The fourth-order valence-corrected chi connectivity index (χ4v) is 1.82. The Balaban J connectivity index is 0. The van der Waals surface area contributed by atoms with E-state index in [1.54, 1.807) is 0 Å². The minimum Gasteiger partial charge on any atom is -0.394 e. The summed E-state index contributed by atoms with van der Waals surface area (Å²) in [4.78, 5) is 23.4. The quantitative estimate of drug-likeness (QED) is 0.146. The highest BCUT2D eigenvalue weighted by atomic mass is 16.3. The Hall–Kier alpha value is -1.34. The van der Waals surface area contributed by atoms with Crippen LogP contribution in [0.4, 0.5) is 0 Å². The summed E-state index contributed by atoms with van der Waals surface area (Å²) < 4.78 is 0. The van der Waals surface area contributed by atoms with E-state index in [2.05, 4.69) is 10.6 Å². The van der Waals surface area contributed by atoms with Crippen molar-refractivity contribution in [2.24, 2.45) is 0 Å². The summed E-state index contributed by atoms with van der Waals surface area (Å²) >= 11 is 0. The van der Waals surface area contributed by atoms with Crippen molar-refractivity contribution in [2.45, 2.75) is 36.8 Å². The molecule has 2 amide bonds. The summed E-state index contributed by atoms with van der Waals surface area (Å²) in [6.07, 6.45) is 0.727. The number of carbonyl (C=O) groups is 2. The second-order valence-corrected chi connectivity index (χ2v) is 5.81. The first-order valence-electron chi connectivity index (χ1n) is 7.63. The standard InChI is InChI=1S/C14H28N2O8.H3N/c17-5-13(6-18,7-19)15-11(23)3-1-2-4-12(24)16-14(8-20,9-21)10-22;/h17-22H,1-10H2,(H,15,23)(H,16,24);1H3. The minimum absolute atomic E-state index is 0. The summed E-state index contributed by atoms with van der Waals surface area (Å²) in [6.45, 7) is -3.67. The second kappa shape index (κ2) is 12.9. The predicted octanol–water partition coefficient (Wildman–Crippen LogP) is -3.63. The molecule has 11 heteroatoms.